The summed E-state index contributed by atoms with van der Waals surface area (Å²) in [5.41, 5.74) is -2.17. The van der Waals surface area contributed by atoms with E-state index in [1.54, 1.807) is 11.4 Å². The van der Waals surface area contributed by atoms with Crippen LogP contribution in [-0.4, -0.2) is 45.5 Å². The molecule has 1 aromatic heterocycles. The average molecular weight is 232 g/mol. The molecule has 3 atom stereocenters. The lowest BCUT2D eigenvalue weighted by molar-refractivity contribution is -0.155. The van der Waals surface area contributed by atoms with Crippen LogP contribution in [0.5, 0.6) is 0 Å². The fraction of sp³-hybridized carbons (Fsp3) is 0.444. The molecule has 5 nitrogen and oxygen atoms in total. The van der Waals surface area contributed by atoms with E-state index in [2.05, 4.69) is 0 Å². The zero-order valence-electron chi connectivity index (χ0n) is 7.78. The minimum atomic E-state index is -2.17. The Kier molecular flexibility index (Phi) is 3.95. The molecule has 0 radical (unpaired) electrons. The Hall–Kier alpha value is -0.790. The molecule has 1 heterocycles. The lowest BCUT2D eigenvalue weighted by atomic mass is 9.92. The van der Waals surface area contributed by atoms with E-state index in [0.717, 1.165) is 11.3 Å². The van der Waals surface area contributed by atoms with E-state index in [4.69, 9.17) is 5.11 Å². The standard InChI is InChI=1S/C9H12O5S/c10-4-6(12)8(13)9(14,5-11)7-2-1-3-15-7/h1-3,5-6,8,10,12-14H,4H2. The topological polar surface area (TPSA) is 98.0 Å². The van der Waals surface area contributed by atoms with Crippen molar-refractivity contribution in [2.75, 3.05) is 6.61 Å². The van der Waals surface area contributed by atoms with E-state index in [9.17, 15) is 20.1 Å². The van der Waals surface area contributed by atoms with Gasteiger partial charge in [0.25, 0.3) is 0 Å². The highest BCUT2D eigenvalue weighted by atomic mass is 32.1. The molecular weight excluding hydrogens is 220 g/mol. The molecule has 15 heavy (non-hydrogen) atoms. The first-order valence-electron chi connectivity index (χ1n) is 4.26. The zero-order chi connectivity index (χ0) is 11.5. The number of aliphatic hydroxyl groups is 4. The van der Waals surface area contributed by atoms with Crippen molar-refractivity contribution in [1.29, 1.82) is 0 Å². The summed E-state index contributed by atoms with van der Waals surface area (Å²) in [5.74, 6) is 0. The summed E-state index contributed by atoms with van der Waals surface area (Å²) in [6.45, 7) is -0.733. The molecule has 0 spiro atoms. The summed E-state index contributed by atoms with van der Waals surface area (Å²) >= 11 is 1.08. The first kappa shape index (κ1) is 12.3. The zero-order valence-corrected chi connectivity index (χ0v) is 8.59. The largest absolute Gasteiger partial charge is 0.394 e. The fourth-order valence-electron chi connectivity index (χ4n) is 1.17. The van der Waals surface area contributed by atoms with Crippen LogP contribution in [0.4, 0.5) is 0 Å². The number of carbonyl (C=O) groups is 1. The lowest BCUT2D eigenvalue weighted by Gasteiger charge is -2.29. The van der Waals surface area contributed by atoms with Gasteiger partial charge in [-0.25, -0.2) is 0 Å². The molecule has 0 aromatic carbocycles. The van der Waals surface area contributed by atoms with Crippen molar-refractivity contribution in [2.45, 2.75) is 17.8 Å². The molecule has 1 aromatic rings. The van der Waals surface area contributed by atoms with E-state index in [1.807, 2.05) is 0 Å². The highest BCUT2D eigenvalue weighted by molar-refractivity contribution is 7.10. The van der Waals surface area contributed by atoms with Crippen molar-refractivity contribution in [3.05, 3.63) is 22.4 Å². The number of hydrogen-bond donors (Lipinski definition) is 4. The SMILES string of the molecule is O=CC(O)(c1cccs1)C(O)C(O)CO. The Morgan fingerprint density at radius 2 is 2.20 bits per heavy atom. The van der Waals surface area contributed by atoms with Gasteiger partial charge < -0.3 is 20.4 Å². The van der Waals surface area contributed by atoms with Crippen molar-refractivity contribution in [3.63, 3.8) is 0 Å². The number of carbonyl (C=O) groups excluding carboxylic acids is 1. The summed E-state index contributed by atoms with van der Waals surface area (Å²) in [6.07, 6.45) is -3.16. The number of rotatable bonds is 5. The lowest BCUT2D eigenvalue weighted by Crippen LogP contribution is -2.48. The van der Waals surface area contributed by atoms with Crippen LogP contribution in [0.15, 0.2) is 17.5 Å². The summed E-state index contributed by atoms with van der Waals surface area (Å²) < 4.78 is 0. The van der Waals surface area contributed by atoms with Crippen molar-refractivity contribution in [3.8, 4) is 0 Å². The third-order valence-corrected chi connectivity index (χ3v) is 3.11. The number of aliphatic hydroxyl groups excluding tert-OH is 3. The van der Waals surface area contributed by atoms with Crippen LogP contribution in [0.2, 0.25) is 0 Å². The van der Waals surface area contributed by atoms with E-state index in [-0.39, 0.29) is 11.2 Å². The second-order valence-corrected chi connectivity index (χ2v) is 4.06. The molecule has 3 unspecified atom stereocenters. The molecule has 0 fully saturated rings. The van der Waals surface area contributed by atoms with Gasteiger partial charge in [0.15, 0.2) is 11.9 Å². The van der Waals surface area contributed by atoms with Gasteiger partial charge in [0.1, 0.15) is 12.2 Å². The minimum absolute atomic E-state index is 0.155. The number of hydrogen-bond acceptors (Lipinski definition) is 6. The third-order valence-electron chi connectivity index (χ3n) is 2.10. The number of aldehydes is 1. The Bertz CT molecular complexity index is 312. The number of thiophene rings is 1. The van der Waals surface area contributed by atoms with Crippen LogP contribution >= 0.6 is 11.3 Å². The maximum absolute atomic E-state index is 10.8. The van der Waals surface area contributed by atoms with Crippen LogP contribution in [0.3, 0.4) is 0 Å². The van der Waals surface area contributed by atoms with Gasteiger partial charge in [0, 0.05) is 4.88 Å². The van der Waals surface area contributed by atoms with Gasteiger partial charge in [-0.05, 0) is 11.4 Å². The molecule has 0 aliphatic heterocycles. The quantitative estimate of drug-likeness (QED) is 0.480. The monoisotopic (exact) mass is 232 g/mol. The fourth-order valence-corrected chi connectivity index (χ4v) is 1.99. The third kappa shape index (κ3) is 2.24. The molecule has 0 aliphatic carbocycles. The maximum atomic E-state index is 10.8. The van der Waals surface area contributed by atoms with Gasteiger partial charge in [-0.1, -0.05) is 6.07 Å². The van der Waals surface area contributed by atoms with Crippen molar-refractivity contribution >= 4 is 17.6 Å². The Morgan fingerprint density at radius 3 is 2.60 bits per heavy atom. The Labute approximate surface area is 90.2 Å². The minimum Gasteiger partial charge on any atom is -0.394 e. The predicted octanol–water partition coefficient (Wildman–Crippen LogP) is -1.15. The maximum Gasteiger partial charge on any atom is 0.182 e. The van der Waals surface area contributed by atoms with Crippen molar-refractivity contribution < 1.29 is 25.2 Å². The van der Waals surface area contributed by atoms with Gasteiger partial charge in [0.2, 0.25) is 0 Å². The molecule has 4 N–H and O–H groups in total. The normalized spacial score (nSPS) is 19.2. The molecule has 0 saturated carbocycles. The average Bonchev–Trinajstić information content (AvgIpc) is 2.79. The van der Waals surface area contributed by atoms with Gasteiger partial charge in [-0.2, -0.15) is 0 Å². The highest BCUT2D eigenvalue weighted by Gasteiger charge is 2.42. The van der Waals surface area contributed by atoms with Crippen LogP contribution < -0.4 is 0 Å². The molecular formula is C9H12O5S. The van der Waals surface area contributed by atoms with Gasteiger partial charge in [0.05, 0.1) is 6.61 Å². The second-order valence-electron chi connectivity index (χ2n) is 3.12. The van der Waals surface area contributed by atoms with Crippen molar-refractivity contribution in [2.24, 2.45) is 0 Å². The first-order chi connectivity index (χ1) is 7.06. The molecule has 0 amide bonds. The van der Waals surface area contributed by atoms with E-state index in [1.165, 1.54) is 6.07 Å². The van der Waals surface area contributed by atoms with Crippen LogP contribution in [-0.2, 0) is 10.4 Å². The smallest absolute Gasteiger partial charge is 0.182 e. The second kappa shape index (κ2) is 4.82. The molecule has 84 valence electrons. The Morgan fingerprint density at radius 1 is 1.53 bits per heavy atom. The summed E-state index contributed by atoms with van der Waals surface area (Å²) in [6, 6.07) is 3.07. The molecule has 0 bridgehead atoms. The van der Waals surface area contributed by atoms with Crippen LogP contribution in [0, 0.1) is 0 Å². The van der Waals surface area contributed by atoms with E-state index in [0.29, 0.717) is 0 Å². The van der Waals surface area contributed by atoms with Crippen LogP contribution in [0.1, 0.15) is 4.88 Å². The highest BCUT2D eigenvalue weighted by Crippen LogP contribution is 2.28. The van der Waals surface area contributed by atoms with E-state index < -0.39 is 24.4 Å². The van der Waals surface area contributed by atoms with Gasteiger partial charge >= 0.3 is 0 Å². The van der Waals surface area contributed by atoms with Gasteiger partial charge in [-0.3, -0.25) is 4.79 Å². The summed E-state index contributed by atoms with van der Waals surface area (Å²) in [4.78, 5) is 11.0. The molecule has 0 aliphatic rings. The van der Waals surface area contributed by atoms with Crippen molar-refractivity contribution in [1.82, 2.24) is 0 Å². The Balaban J connectivity index is 3.00. The predicted molar refractivity (Wildman–Crippen MR) is 53.4 cm³/mol. The van der Waals surface area contributed by atoms with Gasteiger partial charge in [-0.15, -0.1) is 11.3 Å². The van der Waals surface area contributed by atoms with E-state index >= 15 is 0 Å². The molecule has 1 rings (SSSR count). The molecule has 6 heteroatoms. The summed E-state index contributed by atoms with van der Waals surface area (Å²) in [5, 5.41) is 38.8. The molecule has 0 saturated heterocycles. The van der Waals surface area contributed by atoms with Crippen LogP contribution in [0.25, 0.3) is 0 Å². The first-order valence-corrected chi connectivity index (χ1v) is 5.14. The summed E-state index contributed by atoms with van der Waals surface area (Å²) in [7, 11) is 0.